The van der Waals surface area contributed by atoms with Crippen LogP contribution >= 0.6 is 0 Å². The summed E-state index contributed by atoms with van der Waals surface area (Å²) < 4.78 is 26.6. The molecule has 1 aliphatic rings. The highest BCUT2D eigenvalue weighted by molar-refractivity contribution is 7.91. The SMILES string of the molecule is O=CCN1c2ccccc2CNS1(=O)=O. The zero-order valence-electron chi connectivity index (χ0n) is 7.88. The van der Waals surface area contributed by atoms with E-state index >= 15 is 0 Å². The van der Waals surface area contributed by atoms with E-state index in [2.05, 4.69) is 4.72 Å². The molecule has 0 saturated carbocycles. The molecule has 1 heterocycles. The number of anilines is 1. The molecule has 0 aromatic heterocycles. The van der Waals surface area contributed by atoms with Crippen LogP contribution in [0, 0.1) is 0 Å². The van der Waals surface area contributed by atoms with Crippen LogP contribution < -0.4 is 9.03 Å². The third-order valence-electron chi connectivity index (χ3n) is 2.24. The molecule has 0 atom stereocenters. The van der Waals surface area contributed by atoms with E-state index in [1.165, 1.54) is 0 Å². The number of nitrogens with one attached hydrogen (secondary N) is 1. The summed E-state index contributed by atoms with van der Waals surface area (Å²) in [4.78, 5) is 10.4. The van der Waals surface area contributed by atoms with Gasteiger partial charge in [-0.3, -0.25) is 4.31 Å². The molecular weight excluding hydrogens is 216 g/mol. The number of hydrogen-bond acceptors (Lipinski definition) is 3. The lowest BCUT2D eigenvalue weighted by Gasteiger charge is -2.29. The molecule has 1 aliphatic heterocycles. The van der Waals surface area contributed by atoms with Gasteiger partial charge in [0.1, 0.15) is 6.29 Å². The average Bonchev–Trinajstić information content (AvgIpc) is 2.23. The first-order valence-corrected chi connectivity index (χ1v) is 5.88. The molecule has 0 bridgehead atoms. The molecule has 1 aromatic carbocycles. The van der Waals surface area contributed by atoms with Crippen molar-refractivity contribution in [2.75, 3.05) is 10.8 Å². The van der Waals surface area contributed by atoms with Gasteiger partial charge in [-0.2, -0.15) is 13.1 Å². The molecule has 0 fully saturated rings. The van der Waals surface area contributed by atoms with E-state index in [1.54, 1.807) is 12.1 Å². The van der Waals surface area contributed by atoms with Gasteiger partial charge in [-0.1, -0.05) is 18.2 Å². The minimum absolute atomic E-state index is 0.160. The first kappa shape index (κ1) is 10.1. The molecule has 5 nitrogen and oxygen atoms in total. The summed E-state index contributed by atoms with van der Waals surface area (Å²) in [5, 5.41) is 0. The quantitative estimate of drug-likeness (QED) is 0.724. The smallest absolute Gasteiger partial charge is 0.301 e. The fraction of sp³-hybridized carbons (Fsp3) is 0.222. The second-order valence-electron chi connectivity index (χ2n) is 3.15. The Bertz CT molecular complexity index is 484. The molecule has 80 valence electrons. The lowest BCUT2D eigenvalue weighted by Crippen LogP contribution is -2.45. The number of nitrogens with zero attached hydrogens (tertiary/aromatic N) is 1. The summed E-state index contributed by atoms with van der Waals surface area (Å²) in [6, 6.07) is 7.10. The van der Waals surface area contributed by atoms with E-state index in [0.717, 1.165) is 9.87 Å². The van der Waals surface area contributed by atoms with Crippen LogP contribution in [-0.4, -0.2) is 21.2 Å². The van der Waals surface area contributed by atoms with Crippen LogP contribution in [0.5, 0.6) is 0 Å². The normalized spacial score (nSPS) is 18.3. The lowest BCUT2D eigenvalue weighted by molar-refractivity contribution is -0.106. The first-order valence-electron chi connectivity index (χ1n) is 4.44. The van der Waals surface area contributed by atoms with Crippen LogP contribution in [0.4, 0.5) is 5.69 Å². The molecule has 6 heteroatoms. The lowest BCUT2D eigenvalue weighted by atomic mass is 10.2. The van der Waals surface area contributed by atoms with Gasteiger partial charge in [-0.25, -0.2) is 0 Å². The average molecular weight is 226 g/mol. The molecule has 1 N–H and O–H groups in total. The summed E-state index contributed by atoms with van der Waals surface area (Å²) in [6.07, 6.45) is 0.571. The van der Waals surface area contributed by atoms with Crippen LogP contribution in [0.1, 0.15) is 5.56 Å². The number of rotatable bonds is 2. The fourth-order valence-electron chi connectivity index (χ4n) is 1.54. The van der Waals surface area contributed by atoms with Gasteiger partial charge in [0.25, 0.3) is 0 Å². The van der Waals surface area contributed by atoms with Crippen LogP contribution in [-0.2, 0) is 21.5 Å². The molecular formula is C9H10N2O3S. The topological polar surface area (TPSA) is 66.5 Å². The molecule has 0 unspecified atom stereocenters. The van der Waals surface area contributed by atoms with Crippen LogP contribution in [0.15, 0.2) is 24.3 Å². The Morgan fingerprint density at radius 1 is 1.40 bits per heavy atom. The zero-order chi connectivity index (χ0) is 10.9. The maximum absolute atomic E-state index is 11.6. The number of carbonyl (C=O) groups excluding carboxylic acids is 1. The minimum Gasteiger partial charge on any atom is -0.301 e. The Morgan fingerprint density at radius 3 is 2.87 bits per heavy atom. The van der Waals surface area contributed by atoms with E-state index in [4.69, 9.17) is 0 Å². The largest absolute Gasteiger partial charge is 0.302 e. The molecule has 15 heavy (non-hydrogen) atoms. The van der Waals surface area contributed by atoms with Gasteiger partial charge < -0.3 is 4.79 Å². The Balaban J connectivity index is 2.52. The highest BCUT2D eigenvalue weighted by Gasteiger charge is 2.28. The number of hydrogen-bond donors (Lipinski definition) is 1. The highest BCUT2D eigenvalue weighted by atomic mass is 32.2. The summed E-state index contributed by atoms with van der Waals surface area (Å²) in [6.45, 7) is 0.111. The third-order valence-corrected chi connectivity index (χ3v) is 3.67. The number of fused-ring (bicyclic) bond motifs is 1. The number of carbonyl (C=O) groups is 1. The Morgan fingerprint density at radius 2 is 2.13 bits per heavy atom. The summed E-state index contributed by atoms with van der Waals surface area (Å²) in [5.41, 5.74) is 1.44. The fourth-order valence-corrected chi connectivity index (χ4v) is 2.73. The van der Waals surface area contributed by atoms with Crippen molar-refractivity contribution >= 4 is 22.2 Å². The van der Waals surface area contributed by atoms with Crippen molar-refractivity contribution < 1.29 is 13.2 Å². The molecule has 1 aromatic rings. The van der Waals surface area contributed by atoms with Gasteiger partial charge in [0.15, 0.2) is 0 Å². The maximum atomic E-state index is 11.6. The van der Waals surface area contributed by atoms with Gasteiger partial charge in [-0.15, -0.1) is 0 Å². The molecule has 0 radical (unpaired) electrons. The second-order valence-corrected chi connectivity index (χ2v) is 4.83. The van der Waals surface area contributed by atoms with Crippen molar-refractivity contribution in [2.24, 2.45) is 0 Å². The molecule has 0 amide bonds. The van der Waals surface area contributed by atoms with E-state index in [0.29, 0.717) is 12.0 Å². The molecule has 0 spiro atoms. The van der Waals surface area contributed by atoms with E-state index in [9.17, 15) is 13.2 Å². The summed E-state index contributed by atoms with van der Waals surface area (Å²) >= 11 is 0. The van der Waals surface area contributed by atoms with E-state index in [1.807, 2.05) is 12.1 Å². The molecule has 2 rings (SSSR count). The van der Waals surface area contributed by atoms with Gasteiger partial charge in [0.05, 0.1) is 12.2 Å². The van der Waals surface area contributed by atoms with Crippen molar-refractivity contribution in [3.05, 3.63) is 29.8 Å². The molecule has 0 saturated heterocycles. The second kappa shape index (κ2) is 3.63. The minimum atomic E-state index is -3.55. The van der Waals surface area contributed by atoms with E-state index in [-0.39, 0.29) is 13.1 Å². The Kier molecular flexibility index (Phi) is 2.45. The number of aldehydes is 1. The van der Waals surface area contributed by atoms with Crippen molar-refractivity contribution in [1.82, 2.24) is 4.72 Å². The predicted molar refractivity (Wildman–Crippen MR) is 55.6 cm³/mol. The third kappa shape index (κ3) is 1.73. The van der Waals surface area contributed by atoms with Crippen molar-refractivity contribution in [1.29, 1.82) is 0 Å². The van der Waals surface area contributed by atoms with Crippen molar-refractivity contribution in [3.63, 3.8) is 0 Å². The van der Waals surface area contributed by atoms with Gasteiger partial charge >= 0.3 is 10.2 Å². The van der Waals surface area contributed by atoms with Crippen molar-refractivity contribution in [2.45, 2.75) is 6.54 Å². The predicted octanol–water partition coefficient (Wildman–Crippen LogP) is 0.0399. The summed E-state index contributed by atoms with van der Waals surface area (Å²) in [7, 11) is -3.55. The van der Waals surface area contributed by atoms with Gasteiger partial charge in [0, 0.05) is 6.54 Å². The van der Waals surface area contributed by atoms with Gasteiger partial charge in [0.2, 0.25) is 0 Å². The monoisotopic (exact) mass is 226 g/mol. The highest BCUT2D eigenvalue weighted by Crippen LogP contribution is 2.25. The van der Waals surface area contributed by atoms with E-state index < -0.39 is 10.2 Å². The standard InChI is InChI=1S/C9H10N2O3S/c12-6-5-11-9-4-2-1-3-8(9)7-10-15(11,13)14/h1-4,6,10H,5,7H2. The van der Waals surface area contributed by atoms with Gasteiger partial charge in [-0.05, 0) is 11.6 Å². The van der Waals surface area contributed by atoms with Crippen LogP contribution in [0.2, 0.25) is 0 Å². The number of benzene rings is 1. The first-order chi connectivity index (χ1) is 7.15. The zero-order valence-corrected chi connectivity index (χ0v) is 8.70. The summed E-state index contributed by atoms with van der Waals surface area (Å²) in [5.74, 6) is 0. The maximum Gasteiger partial charge on any atom is 0.302 e. The van der Waals surface area contributed by atoms with Crippen molar-refractivity contribution in [3.8, 4) is 0 Å². The van der Waals surface area contributed by atoms with Crippen LogP contribution in [0.3, 0.4) is 0 Å². The Hall–Kier alpha value is -1.40. The molecule has 0 aliphatic carbocycles. The Labute approximate surface area is 87.9 Å². The number of para-hydroxylation sites is 1. The van der Waals surface area contributed by atoms with Crippen LogP contribution in [0.25, 0.3) is 0 Å².